The number of hydrogen-bond donors (Lipinski definition) is 1. The van der Waals surface area contributed by atoms with Crippen LogP contribution >= 0.6 is 0 Å². The summed E-state index contributed by atoms with van der Waals surface area (Å²) < 4.78 is 0. The number of nitrogens with one attached hydrogen (secondary N) is 1. The number of hydrogen-bond acceptors (Lipinski definition) is 1. The van der Waals surface area contributed by atoms with Crippen LogP contribution in [0.15, 0.2) is 54.6 Å². The van der Waals surface area contributed by atoms with E-state index in [1.54, 1.807) is 0 Å². The van der Waals surface area contributed by atoms with E-state index in [-0.39, 0.29) is 0 Å². The molecule has 0 spiro atoms. The molecule has 0 bridgehead atoms. The summed E-state index contributed by atoms with van der Waals surface area (Å²) in [7, 11) is 0. The zero-order valence-corrected chi connectivity index (χ0v) is 19.2. The summed E-state index contributed by atoms with van der Waals surface area (Å²) in [6, 6.07) is 20.1. The first kappa shape index (κ1) is 21.9. The standard InChI is InChI=1S/C28H39N3/c1-2-3-19-30-22-27(21-24-10-6-4-7-11-24)31(28(30)29)20-18-23-14-16-26(17-15-23)25-12-8-5-9-13-25/h5,8-9,12-17,24,27,29H,2-4,6-7,10-11,18-22H2,1H3/t27-/m0/s1. The van der Waals surface area contributed by atoms with Gasteiger partial charge in [0, 0.05) is 25.7 Å². The Morgan fingerprint density at radius 1 is 0.871 bits per heavy atom. The predicted molar refractivity (Wildman–Crippen MR) is 131 cm³/mol. The largest absolute Gasteiger partial charge is 0.341 e. The van der Waals surface area contributed by atoms with E-state index in [1.807, 2.05) is 0 Å². The van der Waals surface area contributed by atoms with Gasteiger partial charge in [-0.25, -0.2) is 0 Å². The van der Waals surface area contributed by atoms with Gasteiger partial charge in [0.2, 0.25) is 0 Å². The van der Waals surface area contributed by atoms with Crippen molar-refractivity contribution in [3.8, 4) is 11.1 Å². The van der Waals surface area contributed by atoms with Crippen molar-refractivity contribution < 1.29 is 0 Å². The maximum Gasteiger partial charge on any atom is 0.194 e. The van der Waals surface area contributed by atoms with Crippen LogP contribution in [0.1, 0.15) is 63.9 Å². The van der Waals surface area contributed by atoms with E-state index >= 15 is 0 Å². The molecule has 2 aromatic rings. The second-order valence-corrected chi connectivity index (χ2v) is 9.52. The van der Waals surface area contributed by atoms with Crippen LogP contribution in [-0.2, 0) is 6.42 Å². The third-order valence-electron chi connectivity index (χ3n) is 7.26. The van der Waals surface area contributed by atoms with Gasteiger partial charge in [0.15, 0.2) is 5.96 Å². The molecule has 1 aliphatic heterocycles. The highest BCUT2D eigenvalue weighted by atomic mass is 15.4. The summed E-state index contributed by atoms with van der Waals surface area (Å²) in [5.74, 6) is 1.64. The lowest BCUT2D eigenvalue weighted by molar-refractivity contribution is 0.244. The van der Waals surface area contributed by atoms with Gasteiger partial charge in [-0.1, -0.05) is 100 Å². The fraction of sp³-hybridized carbons (Fsp3) is 0.536. The Labute approximate surface area is 189 Å². The minimum Gasteiger partial charge on any atom is -0.341 e. The fourth-order valence-corrected chi connectivity index (χ4v) is 5.38. The number of unbranched alkanes of at least 4 members (excludes halogenated alkanes) is 1. The molecule has 0 amide bonds. The Morgan fingerprint density at radius 3 is 2.29 bits per heavy atom. The summed E-state index contributed by atoms with van der Waals surface area (Å²) in [6.07, 6.45) is 11.7. The van der Waals surface area contributed by atoms with Crippen molar-refractivity contribution in [2.75, 3.05) is 19.6 Å². The molecular formula is C28H39N3. The lowest BCUT2D eigenvalue weighted by Crippen LogP contribution is -2.38. The number of guanidine groups is 1. The Balaban J connectivity index is 1.39. The molecule has 0 aromatic heterocycles. The van der Waals surface area contributed by atoms with Crippen molar-refractivity contribution in [3.05, 3.63) is 60.2 Å². The van der Waals surface area contributed by atoms with Crippen LogP contribution in [0.3, 0.4) is 0 Å². The molecule has 166 valence electrons. The number of rotatable bonds is 9. The summed E-state index contributed by atoms with van der Waals surface area (Å²) in [4.78, 5) is 4.77. The Morgan fingerprint density at radius 2 is 1.58 bits per heavy atom. The van der Waals surface area contributed by atoms with Crippen LogP contribution in [0.5, 0.6) is 0 Å². The van der Waals surface area contributed by atoms with Gasteiger partial charge in [-0.3, -0.25) is 5.41 Å². The molecule has 3 heteroatoms. The fourth-order valence-electron chi connectivity index (χ4n) is 5.38. The van der Waals surface area contributed by atoms with Gasteiger partial charge in [0.25, 0.3) is 0 Å². The molecule has 1 heterocycles. The second-order valence-electron chi connectivity index (χ2n) is 9.52. The lowest BCUT2D eigenvalue weighted by Gasteiger charge is -2.30. The second kappa shape index (κ2) is 10.8. The van der Waals surface area contributed by atoms with E-state index < -0.39 is 0 Å². The van der Waals surface area contributed by atoms with Crippen LogP contribution in [-0.4, -0.2) is 41.4 Å². The number of nitrogens with zero attached hydrogens (tertiary/aromatic N) is 2. The zero-order chi connectivity index (χ0) is 21.5. The molecule has 31 heavy (non-hydrogen) atoms. The topological polar surface area (TPSA) is 30.3 Å². The minimum atomic E-state index is 0.524. The van der Waals surface area contributed by atoms with E-state index in [0.29, 0.717) is 6.04 Å². The molecule has 1 N–H and O–H groups in total. The Bertz CT molecular complexity index is 808. The molecule has 2 fully saturated rings. The Hall–Kier alpha value is -2.29. The lowest BCUT2D eigenvalue weighted by atomic mass is 9.84. The van der Waals surface area contributed by atoms with Crippen molar-refractivity contribution >= 4 is 5.96 Å². The average molecular weight is 418 g/mol. The maximum absolute atomic E-state index is 8.85. The summed E-state index contributed by atoms with van der Waals surface area (Å²) in [5, 5.41) is 8.85. The first-order chi connectivity index (χ1) is 15.2. The van der Waals surface area contributed by atoms with Crippen molar-refractivity contribution in [3.63, 3.8) is 0 Å². The first-order valence-electron chi connectivity index (χ1n) is 12.5. The van der Waals surface area contributed by atoms with Crippen LogP contribution in [0.4, 0.5) is 0 Å². The monoisotopic (exact) mass is 417 g/mol. The van der Waals surface area contributed by atoms with E-state index in [2.05, 4.69) is 71.3 Å². The van der Waals surface area contributed by atoms with E-state index in [0.717, 1.165) is 37.9 Å². The molecule has 1 saturated carbocycles. The maximum atomic E-state index is 8.85. The molecule has 1 atom stereocenters. The van der Waals surface area contributed by atoms with Gasteiger partial charge in [0.1, 0.15) is 0 Å². The van der Waals surface area contributed by atoms with E-state index in [9.17, 15) is 0 Å². The van der Waals surface area contributed by atoms with Crippen LogP contribution in [0.25, 0.3) is 11.1 Å². The highest BCUT2D eigenvalue weighted by molar-refractivity contribution is 5.79. The average Bonchev–Trinajstić information content (AvgIpc) is 3.11. The summed E-state index contributed by atoms with van der Waals surface area (Å²) in [5.41, 5.74) is 3.92. The predicted octanol–water partition coefficient (Wildman–Crippen LogP) is 6.59. The molecule has 0 unspecified atom stereocenters. The normalized spacial score (nSPS) is 19.9. The molecule has 3 nitrogen and oxygen atoms in total. The third kappa shape index (κ3) is 5.70. The van der Waals surface area contributed by atoms with Gasteiger partial charge in [-0.2, -0.15) is 0 Å². The molecule has 0 radical (unpaired) electrons. The Kier molecular flexibility index (Phi) is 7.66. The van der Waals surface area contributed by atoms with Crippen molar-refractivity contribution in [1.82, 2.24) is 9.80 Å². The summed E-state index contributed by atoms with van der Waals surface area (Å²) >= 11 is 0. The molecule has 1 aliphatic carbocycles. The molecular weight excluding hydrogens is 378 g/mol. The van der Waals surface area contributed by atoms with Crippen LogP contribution < -0.4 is 0 Å². The van der Waals surface area contributed by atoms with E-state index in [4.69, 9.17) is 5.41 Å². The SMILES string of the molecule is CCCCN1C[C@H](CC2CCCCC2)N(CCc2ccc(-c3ccccc3)cc2)C1=N. The molecule has 4 rings (SSSR count). The van der Waals surface area contributed by atoms with Crippen LogP contribution in [0, 0.1) is 11.3 Å². The van der Waals surface area contributed by atoms with Gasteiger partial charge < -0.3 is 9.80 Å². The van der Waals surface area contributed by atoms with Gasteiger partial charge in [0.05, 0.1) is 0 Å². The van der Waals surface area contributed by atoms with Crippen LogP contribution in [0.2, 0.25) is 0 Å². The smallest absolute Gasteiger partial charge is 0.194 e. The minimum absolute atomic E-state index is 0.524. The van der Waals surface area contributed by atoms with Gasteiger partial charge in [-0.05, 0) is 41.9 Å². The molecule has 2 aliphatic rings. The zero-order valence-electron chi connectivity index (χ0n) is 19.2. The number of benzene rings is 2. The highest BCUT2D eigenvalue weighted by Crippen LogP contribution is 2.31. The van der Waals surface area contributed by atoms with Gasteiger partial charge in [-0.15, -0.1) is 0 Å². The van der Waals surface area contributed by atoms with Gasteiger partial charge >= 0.3 is 0 Å². The van der Waals surface area contributed by atoms with Crippen molar-refractivity contribution in [2.24, 2.45) is 5.92 Å². The van der Waals surface area contributed by atoms with Crippen molar-refractivity contribution in [2.45, 2.75) is 70.8 Å². The first-order valence-corrected chi connectivity index (χ1v) is 12.5. The highest BCUT2D eigenvalue weighted by Gasteiger charge is 2.35. The molecule has 2 aromatic carbocycles. The molecule has 1 saturated heterocycles. The quantitative estimate of drug-likeness (QED) is 0.499. The van der Waals surface area contributed by atoms with E-state index in [1.165, 1.54) is 68.1 Å². The third-order valence-corrected chi connectivity index (χ3v) is 7.26. The van der Waals surface area contributed by atoms with Crippen molar-refractivity contribution in [1.29, 1.82) is 5.41 Å². The summed E-state index contributed by atoms with van der Waals surface area (Å²) in [6.45, 7) is 5.31.